The molecule has 2 aromatic rings. The van der Waals surface area contributed by atoms with Crippen LogP contribution in [0, 0.1) is 0 Å². The molecule has 0 N–H and O–H groups in total. The van der Waals surface area contributed by atoms with Gasteiger partial charge in [-0.25, -0.2) is 4.99 Å². The standard InChI is InChI=1S/C21H18N2O3S/c1-15-13-18(14-16(2)20(15)24)22-21(17-9-5-3-6-10-17)23-27(25,26)19-11-7-4-8-12-19/h3-14H,1-2H3/b23-21+. The Bertz CT molecular complexity index is 1070. The van der Waals surface area contributed by atoms with Gasteiger partial charge in [0.05, 0.1) is 10.6 Å². The lowest BCUT2D eigenvalue weighted by molar-refractivity contribution is -0.112. The molecule has 1 aliphatic rings. The van der Waals surface area contributed by atoms with Crippen LogP contribution in [0.3, 0.4) is 0 Å². The summed E-state index contributed by atoms with van der Waals surface area (Å²) in [5, 5.41) is 0. The first kappa shape index (κ1) is 18.7. The van der Waals surface area contributed by atoms with Crippen molar-refractivity contribution >= 4 is 27.4 Å². The molecule has 0 unspecified atom stereocenters. The van der Waals surface area contributed by atoms with Crippen molar-refractivity contribution in [3.8, 4) is 0 Å². The Morgan fingerprint density at radius 1 is 0.815 bits per heavy atom. The highest BCUT2D eigenvalue weighted by Crippen LogP contribution is 2.17. The number of sulfonamides is 1. The molecule has 2 aromatic carbocycles. The number of carbonyl (C=O) groups excluding carboxylic acids is 1. The number of benzene rings is 2. The van der Waals surface area contributed by atoms with E-state index in [-0.39, 0.29) is 16.5 Å². The summed E-state index contributed by atoms with van der Waals surface area (Å²) in [6.07, 6.45) is 3.26. The minimum atomic E-state index is -3.92. The number of aliphatic imine (C=N–C) groups is 1. The Hall–Kier alpha value is -3.12. The quantitative estimate of drug-likeness (QED) is 0.464. The van der Waals surface area contributed by atoms with Crippen molar-refractivity contribution in [2.75, 3.05) is 0 Å². The number of rotatable bonds is 3. The molecule has 0 aromatic heterocycles. The van der Waals surface area contributed by atoms with Gasteiger partial charge in [0.2, 0.25) is 0 Å². The zero-order valence-electron chi connectivity index (χ0n) is 15.0. The van der Waals surface area contributed by atoms with Crippen molar-refractivity contribution in [3.63, 3.8) is 0 Å². The monoisotopic (exact) mass is 378 g/mol. The largest absolute Gasteiger partial charge is 0.289 e. The summed E-state index contributed by atoms with van der Waals surface area (Å²) in [6, 6.07) is 16.9. The number of ketones is 1. The molecule has 1 aliphatic carbocycles. The van der Waals surface area contributed by atoms with E-state index in [2.05, 4.69) is 9.39 Å². The van der Waals surface area contributed by atoms with E-state index < -0.39 is 10.0 Å². The molecule has 0 saturated carbocycles. The van der Waals surface area contributed by atoms with Gasteiger partial charge < -0.3 is 0 Å². The minimum Gasteiger partial charge on any atom is -0.289 e. The number of hydrogen-bond acceptors (Lipinski definition) is 3. The highest BCUT2D eigenvalue weighted by atomic mass is 32.2. The molecule has 0 bridgehead atoms. The molecular formula is C21H18N2O3S. The molecule has 0 atom stereocenters. The van der Waals surface area contributed by atoms with E-state index in [9.17, 15) is 13.2 Å². The SMILES string of the molecule is CC1=CC(=N/C(=N/S(=O)(=O)c2ccccc2)c2ccccc2)C=C(C)C1=O. The summed E-state index contributed by atoms with van der Waals surface area (Å²) in [5.41, 5.74) is 2.15. The fourth-order valence-corrected chi connectivity index (χ4v) is 3.58. The van der Waals surface area contributed by atoms with Gasteiger partial charge in [0.15, 0.2) is 11.6 Å². The van der Waals surface area contributed by atoms with Gasteiger partial charge >= 0.3 is 0 Å². The Balaban J connectivity index is 2.14. The molecule has 0 amide bonds. The van der Waals surface area contributed by atoms with Crippen LogP contribution in [0.15, 0.2) is 98.2 Å². The first-order valence-corrected chi connectivity index (χ1v) is 9.76. The molecule has 0 aliphatic heterocycles. The molecule has 0 radical (unpaired) electrons. The second kappa shape index (κ2) is 7.63. The fourth-order valence-electron chi connectivity index (χ4n) is 2.60. The first-order valence-electron chi connectivity index (χ1n) is 8.32. The van der Waals surface area contributed by atoms with Gasteiger partial charge in [0, 0.05) is 5.56 Å². The lowest BCUT2D eigenvalue weighted by Gasteiger charge is -2.10. The third-order valence-electron chi connectivity index (χ3n) is 3.96. The Morgan fingerprint density at radius 3 is 1.89 bits per heavy atom. The van der Waals surface area contributed by atoms with E-state index in [0.717, 1.165) is 0 Å². The zero-order chi connectivity index (χ0) is 19.4. The Morgan fingerprint density at radius 2 is 1.33 bits per heavy atom. The van der Waals surface area contributed by atoms with Crippen LogP contribution in [-0.4, -0.2) is 25.7 Å². The van der Waals surface area contributed by atoms with E-state index in [0.29, 0.717) is 22.4 Å². The predicted molar refractivity (Wildman–Crippen MR) is 107 cm³/mol. The van der Waals surface area contributed by atoms with Crippen molar-refractivity contribution in [3.05, 3.63) is 89.5 Å². The number of hydrogen-bond donors (Lipinski definition) is 0. The van der Waals surface area contributed by atoms with Gasteiger partial charge in [0.25, 0.3) is 10.0 Å². The van der Waals surface area contributed by atoms with Gasteiger partial charge in [0.1, 0.15) is 0 Å². The molecule has 6 heteroatoms. The normalized spacial score (nSPS) is 15.3. The lowest BCUT2D eigenvalue weighted by atomic mass is 9.98. The topological polar surface area (TPSA) is 75.9 Å². The van der Waals surface area contributed by atoms with Crippen LogP contribution < -0.4 is 0 Å². The lowest BCUT2D eigenvalue weighted by Crippen LogP contribution is -2.13. The number of amidine groups is 1. The van der Waals surface area contributed by atoms with E-state index in [1.165, 1.54) is 12.1 Å². The third kappa shape index (κ3) is 4.35. The molecule has 136 valence electrons. The van der Waals surface area contributed by atoms with Gasteiger partial charge in [-0.3, -0.25) is 4.79 Å². The van der Waals surface area contributed by atoms with Crippen LogP contribution in [0.1, 0.15) is 19.4 Å². The van der Waals surface area contributed by atoms with Crippen molar-refractivity contribution in [2.45, 2.75) is 18.7 Å². The molecule has 3 rings (SSSR count). The summed E-state index contributed by atoms with van der Waals surface area (Å²) >= 11 is 0. The van der Waals surface area contributed by atoms with Gasteiger partial charge in [-0.1, -0.05) is 48.5 Å². The van der Waals surface area contributed by atoms with Crippen molar-refractivity contribution in [1.82, 2.24) is 0 Å². The molecule has 0 heterocycles. The second-order valence-corrected chi connectivity index (χ2v) is 7.69. The van der Waals surface area contributed by atoms with Crippen LogP contribution in [-0.2, 0) is 14.8 Å². The van der Waals surface area contributed by atoms with E-state index in [1.54, 1.807) is 68.5 Å². The highest BCUT2D eigenvalue weighted by molar-refractivity contribution is 7.90. The van der Waals surface area contributed by atoms with Crippen LogP contribution in [0.2, 0.25) is 0 Å². The Kier molecular flexibility index (Phi) is 5.28. The summed E-state index contributed by atoms with van der Waals surface area (Å²) in [6.45, 7) is 3.41. The average molecular weight is 378 g/mol. The van der Waals surface area contributed by atoms with Gasteiger partial charge in [-0.2, -0.15) is 8.42 Å². The maximum atomic E-state index is 12.7. The van der Waals surface area contributed by atoms with E-state index in [1.807, 2.05) is 6.07 Å². The van der Waals surface area contributed by atoms with E-state index >= 15 is 0 Å². The molecular weight excluding hydrogens is 360 g/mol. The van der Waals surface area contributed by atoms with Crippen molar-refractivity contribution in [2.24, 2.45) is 9.39 Å². The molecule has 0 saturated heterocycles. The molecule has 0 spiro atoms. The second-order valence-electron chi connectivity index (χ2n) is 6.09. The number of carbonyl (C=O) groups is 1. The smallest absolute Gasteiger partial charge is 0.284 e. The maximum Gasteiger partial charge on any atom is 0.284 e. The van der Waals surface area contributed by atoms with Crippen molar-refractivity contribution in [1.29, 1.82) is 0 Å². The van der Waals surface area contributed by atoms with Crippen LogP contribution in [0.25, 0.3) is 0 Å². The number of Topliss-reactive ketones (excluding diaryl/α,β-unsaturated/α-hetero) is 1. The van der Waals surface area contributed by atoms with Gasteiger partial charge in [-0.15, -0.1) is 4.40 Å². The van der Waals surface area contributed by atoms with Crippen LogP contribution >= 0.6 is 0 Å². The van der Waals surface area contributed by atoms with Crippen molar-refractivity contribution < 1.29 is 13.2 Å². The summed E-state index contributed by atoms with van der Waals surface area (Å²) in [5.74, 6) is 0.0148. The molecule has 27 heavy (non-hydrogen) atoms. The summed E-state index contributed by atoms with van der Waals surface area (Å²) in [7, 11) is -3.92. The van der Waals surface area contributed by atoms with E-state index in [4.69, 9.17) is 0 Å². The van der Waals surface area contributed by atoms with Gasteiger partial charge in [-0.05, 0) is 49.3 Å². The minimum absolute atomic E-state index is 0.0518. The maximum absolute atomic E-state index is 12.7. The zero-order valence-corrected chi connectivity index (χ0v) is 15.8. The molecule has 0 fully saturated rings. The molecule has 5 nitrogen and oxygen atoms in total. The third-order valence-corrected chi connectivity index (χ3v) is 5.24. The summed E-state index contributed by atoms with van der Waals surface area (Å²) in [4.78, 5) is 16.5. The highest BCUT2D eigenvalue weighted by Gasteiger charge is 2.17. The fraction of sp³-hybridized carbons (Fsp3) is 0.0952. The number of nitrogens with zero attached hydrogens (tertiary/aromatic N) is 2. The van der Waals surface area contributed by atoms with Crippen LogP contribution in [0.5, 0.6) is 0 Å². The Labute approximate surface area is 158 Å². The average Bonchev–Trinajstić information content (AvgIpc) is 2.67. The number of allylic oxidation sites excluding steroid dienone is 4. The van der Waals surface area contributed by atoms with Crippen LogP contribution in [0.4, 0.5) is 0 Å². The summed E-state index contributed by atoms with van der Waals surface area (Å²) < 4.78 is 29.4. The predicted octanol–water partition coefficient (Wildman–Crippen LogP) is 3.74. The first-order chi connectivity index (χ1) is 12.9.